The molecule has 37 heavy (non-hydrogen) atoms. The first-order chi connectivity index (χ1) is 17.7. The van der Waals surface area contributed by atoms with Gasteiger partial charge in [0.2, 0.25) is 0 Å². The van der Waals surface area contributed by atoms with Crippen molar-refractivity contribution in [2.75, 3.05) is 0 Å². The maximum absolute atomic E-state index is 13.8. The molecule has 2 N–H and O–H groups in total. The Morgan fingerprint density at radius 2 is 1.57 bits per heavy atom. The summed E-state index contributed by atoms with van der Waals surface area (Å²) in [6.07, 6.45) is 15.0. The number of unbranched alkanes of at least 4 members (excludes halogenated alkanes) is 2. The summed E-state index contributed by atoms with van der Waals surface area (Å²) in [6, 6.07) is 3.46. The molecule has 0 fully saturated rings. The summed E-state index contributed by atoms with van der Waals surface area (Å²) in [7, 11) is 0. The van der Waals surface area contributed by atoms with Crippen molar-refractivity contribution in [2.24, 2.45) is 5.73 Å². The molecule has 0 aliphatic heterocycles. The van der Waals surface area contributed by atoms with Crippen LogP contribution >= 0.6 is 11.6 Å². The molecule has 0 aliphatic rings. The summed E-state index contributed by atoms with van der Waals surface area (Å²) < 4.78 is 26.8. The van der Waals surface area contributed by atoms with Crippen LogP contribution in [0.15, 0.2) is 96.8 Å². The van der Waals surface area contributed by atoms with Crippen LogP contribution in [0.5, 0.6) is 0 Å². The van der Waals surface area contributed by atoms with E-state index in [9.17, 15) is 8.78 Å². The number of allylic oxidation sites excluding steroid dienone is 9. The second kappa shape index (κ2) is 29.6. The molecule has 0 spiro atoms. The highest BCUT2D eigenvalue weighted by molar-refractivity contribution is 6.32. The van der Waals surface area contributed by atoms with Crippen LogP contribution in [-0.4, -0.2) is 0 Å². The third-order valence-corrected chi connectivity index (χ3v) is 4.77. The molecular weight excluding hydrogens is 484 g/mol. The van der Waals surface area contributed by atoms with Crippen molar-refractivity contribution < 1.29 is 8.78 Å². The monoisotopic (exact) mass is 535 g/mol. The van der Waals surface area contributed by atoms with Gasteiger partial charge >= 0.3 is 0 Å². The average molecular weight is 536 g/mol. The minimum absolute atomic E-state index is 0.273. The zero-order valence-corrected chi connectivity index (χ0v) is 25.4. The van der Waals surface area contributed by atoms with Gasteiger partial charge in [-0.3, -0.25) is 0 Å². The quantitative estimate of drug-likeness (QED) is 0.180. The molecule has 0 amide bonds. The summed E-state index contributed by atoms with van der Waals surface area (Å²) in [5, 5.41) is 0.600. The van der Waals surface area contributed by atoms with E-state index in [1.54, 1.807) is 12.2 Å². The van der Waals surface area contributed by atoms with Gasteiger partial charge in [-0.1, -0.05) is 103 Å². The lowest BCUT2D eigenvalue weighted by molar-refractivity contribution is 0.581. The minimum Gasteiger partial charge on any atom is -0.399 e. The van der Waals surface area contributed by atoms with Gasteiger partial charge in [-0.25, -0.2) is 8.78 Å². The highest BCUT2D eigenvalue weighted by Crippen LogP contribution is 2.25. The van der Waals surface area contributed by atoms with E-state index in [0.717, 1.165) is 30.9 Å². The van der Waals surface area contributed by atoms with Gasteiger partial charge in [0.15, 0.2) is 0 Å². The first kappa shape index (κ1) is 41.5. The van der Waals surface area contributed by atoms with Gasteiger partial charge in [-0.2, -0.15) is 0 Å². The van der Waals surface area contributed by atoms with Crippen molar-refractivity contribution in [3.63, 3.8) is 0 Å². The highest BCUT2D eigenvalue weighted by atomic mass is 35.5. The molecule has 1 nitrogen and oxygen atoms in total. The van der Waals surface area contributed by atoms with Crippen molar-refractivity contribution >= 4 is 17.2 Å². The second-order valence-electron chi connectivity index (χ2n) is 7.18. The molecule has 1 aromatic rings. The summed E-state index contributed by atoms with van der Waals surface area (Å²) >= 11 is 6.37. The molecule has 4 heteroatoms. The Hall–Kier alpha value is -2.65. The molecule has 0 bridgehead atoms. The van der Waals surface area contributed by atoms with E-state index in [-0.39, 0.29) is 5.56 Å². The van der Waals surface area contributed by atoms with E-state index in [1.165, 1.54) is 30.5 Å². The number of nitrogens with two attached hydrogens (primary N) is 1. The molecular formula is C33H52ClF2N. The molecule has 0 aromatic heterocycles. The Morgan fingerprint density at radius 1 is 1.00 bits per heavy atom. The first-order valence-corrected chi connectivity index (χ1v) is 13.5. The number of halogens is 3. The molecule has 1 aromatic carbocycles. The van der Waals surface area contributed by atoms with Gasteiger partial charge in [0, 0.05) is 22.4 Å². The number of hydrogen-bond donors (Lipinski definition) is 1. The van der Waals surface area contributed by atoms with Gasteiger partial charge in [0.1, 0.15) is 11.6 Å². The Balaban J connectivity index is -0.000000352. The number of rotatable bonds is 10. The Labute approximate surface area is 232 Å². The molecule has 210 valence electrons. The van der Waals surface area contributed by atoms with Gasteiger partial charge in [0.25, 0.3) is 0 Å². The van der Waals surface area contributed by atoms with E-state index in [0.29, 0.717) is 16.3 Å². The second-order valence-corrected chi connectivity index (χ2v) is 7.58. The van der Waals surface area contributed by atoms with Crippen LogP contribution in [0.25, 0.3) is 5.57 Å². The Kier molecular flexibility index (Phi) is 33.2. The van der Waals surface area contributed by atoms with Crippen LogP contribution in [0.1, 0.15) is 93.1 Å². The number of benzene rings is 1. The van der Waals surface area contributed by atoms with E-state index < -0.39 is 11.6 Å². The minimum atomic E-state index is -0.627. The van der Waals surface area contributed by atoms with E-state index in [2.05, 4.69) is 46.2 Å². The zero-order valence-electron chi connectivity index (χ0n) is 24.7. The Morgan fingerprint density at radius 3 is 1.97 bits per heavy atom. The lowest BCUT2D eigenvalue weighted by atomic mass is 10.0. The molecule has 0 saturated carbocycles. The molecule has 0 atom stereocenters. The normalized spacial score (nSPS) is 10.9. The van der Waals surface area contributed by atoms with Crippen LogP contribution in [0, 0.1) is 11.6 Å². The van der Waals surface area contributed by atoms with E-state index >= 15 is 0 Å². The molecule has 0 radical (unpaired) electrons. The maximum Gasteiger partial charge on any atom is 0.133 e. The average Bonchev–Trinajstić information content (AvgIpc) is 2.90. The highest BCUT2D eigenvalue weighted by Gasteiger charge is 2.07. The van der Waals surface area contributed by atoms with E-state index in [4.69, 9.17) is 17.3 Å². The van der Waals surface area contributed by atoms with Crippen LogP contribution in [-0.2, 0) is 0 Å². The molecule has 0 unspecified atom stereocenters. The van der Waals surface area contributed by atoms with Gasteiger partial charge in [0.05, 0.1) is 0 Å². The van der Waals surface area contributed by atoms with Gasteiger partial charge in [-0.05, 0) is 68.5 Å². The third-order valence-electron chi connectivity index (χ3n) is 4.36. The zero-order chi connectivity index (χ0) is 29.8. The van der Waals surface area contributed by atoms with Crippen molar-refractivity contribution in [1.82, 2.24) is 0 Å². The summed E-state index contributed by atoms with van der Waals surface area (Å²) in [5.41, 5.74) is 8.53. The fourth-order valence-corrected chi connectivity index (χ4v) is 2.78. The fourth-order valence-electron chi connectivity index (χ4n) is 2.58. The molecule has 1 rings (SSSR count). The van der Waals surface area contributed by atoms with Gasteiger partial charge < -0.3 is 5.73 Å². The SMILES string of the molecule is C=C.C=C(/C=C(C)/C(Cl)=C\C(=C/C)CCCCC)c1ccc(F)cc1F.C=C(N)/C=C\CC.CC.CC. The van der Waals surface area contributed by atoms with Crippen molar-refractivity contribution in [2.45, 2.75) is 87.5 Å². The standard InChI is InChI=1S/C21H25ClF2.C6H11N.2C2H6.C2H4/c1-5-7-8-9-17(6-2)13-20(22)16(4)12-15(3)19-11-10-18(23)14-21(19)24;1-3-4-5-6(2)7;3*1-2/h6,10-14H,3,5,7-9H2,1-2,4H3;4-5H,2-3,7H2,1H3;2*1-2H3;1-2H2/b16-12+,17-6-,20-13+;5-4-;;;. The fraction of sp³-hybridized carbons (Fsp3) is 0.394. The van der Waals surface area contributed by atoms with Crippen molar-refractivity contribution in [3.8, 4) is 0 Å². The summed E-state index contributed by atoms with van der Waals surface area (Å²) in [6.45, 7) is 29.4. The maximum atomic E-state index is 13.8. The predicted octanol–water partition coefficient (Wildman–Crippen LogP) is 11.9. The van der Waals surface area contributed by atoms with Crippen LogP contribution in [0.4, 0.5) is 8.78 Å². The van der Waals surface area contributed by atoms with Gasteiger partial charge in [-0.15, -0.1) is 13.2 Å². The lowest BCUT2D eigenvalue weighted by Crippen LogP contribution is -1.90. The molecule has 0 aliphatic carbocycles. The lowest BCUT2D eigenvalue weighted by Gasteiger charge is -2.07. The van der Waals surface area contributed by atoms with Crippen molar-refractivity contribution in [1.29, 1.82) is 0 Å². The summed E-state index contributed by atoms with van der Waals surface area (Å²) in [5.74, 6) is -1.23. The van der Waals surface area contributed by atoms with Crippen LogP contribution < -0.4 is 5.73 Å². The smallest absolute Gasteiger partial charge is 0.133 e. The van der Waals surface area contributed by atoms with E-state index in [1.807, 2.05) is 53.7 Å². The van der Waals surface area contributed by atoms with Crippen LogP contribution in [0.2, 0.25) is 0 Å². The topological polar surface area (TPSA) is 26.0 Å². The number of hydrogen-bond acceptors (Lipinski definition) is 1. The molecule has 0 heterocycles. The third kappa shape index (κ3) is 23.5. The predicted molar refractivity (Wildman–Crippen MR) is 168 cm³/mol. The summed E-state index contributed by atoms with van der Waals surface area (Å²) in [4.78, 5) is 0. The first-order valence-electron chi connectivity index (χ1n) is 13.1. The van der Waals surface area contributed by atoms with Crippen LogP contribution in [0.3, 0.4) is 0 Å². The largest absolute Gasteiger partial charge is 0.399 e. The Bertz CT molecular complexity index is 861. The van der Waals surface area contributed by atoms with Crippen molar-refractivity contribution in [3.05, 3.63) is 114 Å². The molecule has 0 saturated heterocycles.